The molecule has 0 atom stereocenters. The second-order valence-corrected chi connectivity index (χ2v) is 4.03. The fourth-order valence-electron chi connectivity index (χ4n) is 1.54. The highest BCUT2D eigenvalue weighted by Crippen LogP contribution is 2.19. The van der Waals surface area contributed by atoms with Crippen molar-refractivity contribution in [3.63, 3.8) is 0 Å². The molecule has 0 bridgehead atoms. The van der Waals surface area contributed by atoms with E-state index in [0.717, 1.165) is 12.1 Å². The molecule has 0 aliphatic carbocycles. The van der Waals surface area contributed by atoms with E-state index in [-0.39, 0.29) is 24.3 Å². The van der Waals surface area contributed by atoms with Crippen molar-refractivity contribution >= 4 is 10.9 Å². The van der Waals surface area contributed by atoms with Gasteiger partial charge in [-0.1, -0.05) is 11.6 Å². The third-order valence-electron chi connectivity index (χ3n) is 2.39. The maximum atomic E-state index is 8.15. The van der Waals surface area contributed by atoms with Crippen molar-refractivity contribution < 1.29 is 5.48 Å². The molecular weight excluding hydrogens is 184 g/mol. The van der Waals surface area contributed by atoms with Crippen LogP contribution in [0.1, 0.15) is 16.6 Å². The fraction of sp³-hybridized carbons (Fsp3) is 0.385. The number of aromatic amines is 1. The van der Waals surface area contributed by atoms with E-state index in [9.17, 15) is 0 Å². The molecule has 1 aromatic heterocycles. The monoisotopic (exact) mass is 206 g/mol. The lowest BCUT2D eigenvalue weighted by molar-refractivity contribution is 0.414. The number of fused-ring (bicyclic) bond motifs is 1. The summed E-state index contributed by atoms with van der Waals surface area (Å²) in [5, 5.41) is 0.630. The van der Waals surface area contributed by atoms with Gasteiger partial charge in [0.25, 0.3) is 0 Å². The molecule has 2 aromatic rings. The minimum atomic E-state index is 0.0675. The van der Waals surface area contributed by atoms with E-state index in [2.05, 4.69) is 4.98 Å². The van der Waals surface area contributed by atoms with Crippen LogP contribution in [0.3, 0.4) is 0 Å². The molecule has 0 fully saturated rings. The maximum absolute atomic E-state index is 8.15. The molecule has 0 aliphatic rings. The summed E-state index contributed by atoms with van der Waals surface area (Å²) in [5.74, 6) is 0. The number of nitrogens with one attached hydrogen (secondary N) is 1. The van der Waals surface area contributed by atoms with Crippen LogP contribution >= 0.6 is 0 Å². The highest BCUT2D eigenvalue weighted by Gasteiger charge is 2.03. The Morgan fingerprint density at radius 3 is 2.93 bits per heavy atom. The molecule has 2 nitrogen and oxygen atoms in total. The summed E-state index contributed by atoms with van der Waals surface area (Å²) >= 11 is 0. The zero-order chi connectivity index (χ0) is 14.3. The number of benzene rings is 1. The molecule has 0 aliphatic heterocycles. The summed E-state index contributed by atoms with van der Waals surface area (Å²) in [6.07, 6.45) is 0.914. The van der Waals surface area contributed by atoms with Crippen molar-refractivity contribution in [1.29, 1.82) is 0 Å². The Hall–Kier alpha value is -1.28. The van der Waals surface area contributed by atoms with Crippen LogP contribution in [-0.2, 0) is 6.42 Å². The Balaban J connectivity index is 2.68. The van der Waals surface area contributed by atoms with Crippen molar-refractivity contribution in [1.82, 2.24) is 9.88 Å². The Morgan fingerprint density at radius 1 is 1.40 bits per heavy atom. The Labute approximate surface area is 96.5 Å². The van der Waals surface area contributed by atoms with Gasteiger partial charge < -0.3 is 9.88 Å². The Bertz CT molecular complexity index is 632. The second kappa shape index (κ2) is 4.07. The van der Waals surface area contributed by atoms with Gasteiger partial charge in [-0.05, 0) is 45.1 Å². The van der Waals surface area contributed by atoms with Gasteiger partial charge >= 0.3 is 0 Å². The van der Waals surface area contributed by atoms with Gasteiger partial charge in [0.2, 0.25) is 0 Å². The van der Waals surface area contributed by atoms with Gasteiger partial charge in [0, 0.05) is 23.6 Å². The number of H-pyrrole nitrogens is 1. The minimum Gasteiger partial charge on any atom is -0.361 e. The van der Waals surface area contributed by atoms with E-state index in [0.29, 0.717) is 22.9 Å². The second-order valence-electron chi connectivity index (χ2n) is 4.03. The van der Waals surface area contributed by atoms with Crippen molar-refractivity contribution in [2.45, 2.75) is 13.3 Å². The number of aromatic nitrogens is 1. The van der Waals surface area contributed by atoms with Crippen LogP contribution in [0.4, 0.5) is 0 Å². The third kappa shape index (κ3) is 2.21. The molecule has 0 unspecified atom stereocenters. The third-order valence-corrected chi connectivity index (χ3v) is 2.39. The van der Waals surface area contributed by atoms with E-state index in [1.165, 1.54) is 0 Å². The van der Waals surface area contributed by atoms with Gasteiger partial charge in [-0.2, -0.15) is 0 Å². The smallest absolute Gasteiger partial charge is 0.0819 e. The molecule has 1 N–H and O–H groups in total. The normalized spacial score (nSPS) is 15.2. The molecule has 80 valence electrons. The van der Waals surface area contributed by atoms with E-state index in [1.807, 2.05) is 19.0 Å². The van der Waals surface area contributed by atoms with Gasteiger partial charge in [0.15, 0.2) is 0 Å². The summed E-state index contributed by atoms with van der Waals surface area (Å²) in [6, 6.07) is 0.408. The summed E-state index contributed by atoms with van der Waals surface area (Å²) in [6.45, 7) is 2.47. The van der Waals surface area contributed by atoms with Crippen molar-refractivity contribution in [2.24, 2.45) is 0 Å². The predicted molar refractivity (Wildman–Crippen MR) is 65.3 cm³/mol. The zero-order valence-corrected chi connectivity index (χ0v) is 9.36. The Kier molecular flexibility index (Phi) is 1.72. The number of nitrogens with zero attached hydrogens (tertiary/aromatic N) is 1. The average Bonchev–Trinajstić information content (AvgIpc) is 2.68. The lowest BCUT2D eigenvalue weighted by atomic mass is 10.1. The maximum Gasteiger partial charge on any atom is 0.0819 e. The van der Waals surface area contributed by atoms with Crippen LogP contribution < -0.4 is 0 Å². The van der Waals surface area contributed by atoms with Gasteiger partial charge in [0.05, 0.1) is 5.48 Å². The highest BCUT2D eigenvalue weighted by molar-refractivity contribution is 5.83. The summed E-state index contributed by atoms with van der Waals surface area (Å²) in [7, 11) is 3.92. The molecule has 0 spiro atoms. The molecule has 2 heteroatoms. The van der Waals surface area contributed by atoms with Crippen LogP contribution in [0.5, 0.6) is 0 Å². The first-order valence-electron chi connectivity index (χ1n) is 7.06. The summed E-state index contributed by atoms with van der Waals surface area (Å²) < 4.78 is 31.9. The molecular formula is C13H18N2. The zero-order valence-electron chi connectivity index (χ0n) is 13.4. The molecule has 1 heterocycles. The van der Waals surface area contributed by atoms with Crippen LogP contribution in [-0.4, -0.2) is 30.5 Å². The predicted octanol–water partition coefficient (Wildman–Crippen LogP) is 2.58. The minimum absolute atomic E-state index is 0.0675. The molecule has 2 rings (SSSR count). The molecule has 0 amide bonds. The van der Waals surface area contributed by atoms with E-state index < -0.39 is 0 Å². The lowest BCUT2D eigenvalue weighted by Crippen LogP contribution is -2.14. The molecule has 0 radical (unpaired) electrons. The first kappa shape index (κ1) is 6.33. The Morgan fingerprint density at radius 2 is 2.20 bits per heavy atom. The van der Waals surface area contributed by atoms with Crippen molar-refractivity contribution in [3.05, 3.63) is 35.4 Å². The number of hydrogen-bond donors (Lipinski definition) is 1. The van der Waals surface area contributed by atoms with Gasteiger partial charge in [0.1, 0.15) is 0 Å². The molecule has 1 aromatic carbocycles. The largest absolute Gasteiger partial charge is 0.361 e. The van der Waals surface area contributed by atoms with Crippen LogP contribution in [0, 0.1) is 6.92 Å². The standard InChI is InChI=1S/C13H18N2/c1-10-4-5-13-12(8-10)11(9-14-13)6-7-15(2)3/h4-5,8-9,14H,6-7H2,1-3H3/i4D,5D,8D,9D. The highest BCUT2D eigenvalue weighted by atomic mass is 15.0. The topological polar surface area (TPSA) is 19.0 Å². The van der Waals surface area contributed by atoms with Gasteiger partial charge in [-0.15, -0.1) is 0 Å². The molecule has 0 saturated carbocycles. The summed E-state index contributed by atoms with van der Waals surface area (Å²) in [5.41, 5.74) is 1.72. The summed E-state index contributed by atoms with van der Waals surface area (Å²) in [4.78, 5) is 4.87. The van der Waals surface area contributed by atoms with Crippen LogP contribution in [0.2, 0.25) is 0 Å². The van der Waals surface area contributed by atoms with E-state index in [4.69, 9.17) is 5.48 Å². The molecule has 15 heavy (non-hydrogen) atoms. The number of likely N-dealkylation sites (N-methyl/N-ethyl adjacent to an activating group) is 1. The van der Waals surface area contributed by atoms with Crippen molar-refractivity contribution in [2.75, 3.05) is 20.6 Å². The van der Waals surface area contributed by atoms with Crippen LogP contribution in [0.25, 0.3) is 10.9 Å². The quantitative estimate of drug-likeness (QED) is 0.818. The van der Waals surface area contributed by atoms with Crippen molar-refractivity contribution in [3.8, 4) is 0 Å². The first-order chi connectivity index (χ1) is 8.84. The molecule has 0 saturated heterocycles. The lowest BCUT2D eigenvalue weighted by Gasteiger charge is -2.08. The average molecular weight is 206 g/mol. The van der Waals surface area contributed by atoms with Gasteiger partial charge in [-0.25, -0.2) is 0 Å². The number of hydrogen-bond acceptors (Lipinski definition) is 1. The SMILES string of the molecule is [2H]c1[nH]c2c([2H])c([2H])c(C)c([2H])c2c1CCN(C)C. The first-order valence-corrected chi connectivity index (χ1v) is 5.06. The van der Waals surface area contributed by atoms with E-state index >= 15 is 0 Å². The van der Waals surface area contributed by atoms with Crippen LogP contribution in [0.15, 0.2) is 24.3 Å². The fourth-order valence-corrected chi connectivity index (χ4v) is 1.54. The van der Waals surface area contributed by atoms with Gasteiger partial charge in [-0.3, -0.25) is 0 Å². The van der Waals surface area contributed by atoms with E-state index in [1.54, 1.807) is 6.92 Å². The number of rotatable bonds is 3.